The van der Waals surface area contributed by atoms with Crippen molar-refractivity contribution in [2.24, 2.45) is 0 Å². The lowest BCUT2D eigenvalue weighted by molar-refractivity contribution is -0.298. The molecule has 0 saturated heterocycles. The maximum absolute atomic E-state index is 11.4. The summed E-state index contributed by atoms with van der Waals surface area (Å²) in [4.78, 5) is 11.4. The number of nitrogens with zero attached hydrogens (tertiary/aromatic N) is 2. The summed E-state index contributed by atoms with van der Waals surface area (Å²) in [5.41, 5.74) is 1.33. The SMILES string of the molecule is COc1cccc(/C=C(\Sc2nnc(-c3ccc(Cl)cc3)o2)C(=O)[O-])c1. The van der Waals surface area contributed by atoms with Crippen LogP contribution in [0.25, 0.3) is 17.5 Å². The number of aliphatic carboxylic acids is 1. The standard InChI is InChI=1S/C18H13ClN2O4S/c1-24-14-4-2-3-11(9-14)10-15(17(22)23)26-18-21-20-16(25-18)12-5-7-13(19)8-6-12/h2-10H,1H3,(H,22,23)/p-1/b15-10-. The Labute approximate surface area is 158 Å². The third kappa shape index (κ3) is 4.44. The van der Waals surface area contributed by atoms with Gasteiger partial charge in [-0.2, -0.15) is 0 Å². The minimum absolute atomic E-state index is 0.0652. The number of benzene rings is 2. The van der Waals surface area contributed by atoms with Crippen LogP contribution in [0.15, 0.2) is 63.1 Å². The molecule has 1 aromatic heterocycles. The Bertz CT molecular complexity index is 954. The highest BCUT2D eigenvalue weighted by atomic mass is 35.5. The van der Waals surface area contributed by atoms with E-state index in [0.717, 1.165) is 11.8 Å². The highest BCUT2D eigenvalue weighted by molar-refractivity contribution is 8.03. The zero-order valence-corrected chi connectivity index (χ0v) is 15.1. The Morgan fingerprint density at radius 3 is 2.69 bits per heavy atom. The average Bonchev–Trinajstić information content (AvgIpc) is 3.10. The van der Waals surface area contributed by atoms with Gasteiger partial charge in [-0.3, -0.25) is 0 Å². The number of carboxylic acid groups (broad SMARTS) is 1. The van der Waals surface area contributed by atoms with Crippen LogP contribution in [-0.4, -0.2) is 23.3 Å². The third-order valence-electron chi connectivity index (χ3n) is 3.29. The normalized spacial score (nSPS) is 11.4. The molecule has 0 bridgehead atoms. The Morgan fingerprint density at radius 1 is 1.23 bits per heavy atom. The van der Waals surface area contributed by atoms with Gasteiger partial charge in [0.1, 0.15) is 5.75 Å². The largest absolute Gasteiger partial charge is 0.544 e. The second-order valence-electron chi connectivity index (χ2n) is 5.05. The van der Waals surface area contributed by atoms with Gasteiger partial charge in [-0.1, -0.05) is 23.7 Å². The molecule has 0 atom stereocenters. The third-order valence-corrected chi connectivity index (χ3v) is 4.38. The zero-order chi connectivity index (χ0) is 18.5. The lowest BCUT2D eigenvalue weighted by Crippen LogP contribution is -2.23. The van der Waals surface area contributed by atoms with Gasteiger partial charge in [-0.25, -0.2) is 0 Å². The number of thioether (sulfide) groups is 1. The molecule has 3 rings (SSSR count). The molecule has 1 heterocycles. The molecule has 132 valence electrons. The number of rotatable bonds is 6. The van der Waals surface area contributed by atoms with Crippen molar-refractivity contribution in [2.45, 2.75) is 5.22 Å². The zero-order valence-electron chi connectivity index (χ0n) is 13.5. The molecule has 0 aliphatic heterocycles. The van der Waals surface area contributed by atoms with Crippen molar-refractivity contribution in [3.8, 4) is 17.2 Å². The second-order valence-corrected chi connectivity index (χ2v) is 6.48. The van der Waals surface area contributed by atoms with E-state index in [1.54, 1.807) is 48.5 Å². The summed E-state index contributed by atoms with van der Waals surface area (Å²) in [6, 6.07) is 13.8. The van der Waals surface area contributed by atoms with Gasteiger partial charge in [0.2, 0.25) is 5.89 Å². The van der Waals surface area contributed by atoms with Gasteiger partial charge < -0.3 is 19.1 Å². The summed E-state index contributed by atoms with van der Waals surface area (Å²) < 4.78 is 10.6. The van der Waals surface area contributed by atoms with E-state index in [4.69, 9.17) is 20.8 Å². The first kappa shape index (κ1) is 18.0. The van der Waals surface area contributed by atoms with Gasteiger partial charge in [-0.15, -0.1) is 10.2 Å². The number of carboxylic acids is 1. The number of methoxy groups -OCH3 is 1. The predicted molar refractivity (Wildman–Crippen MR) is 96.6 cm³/mol. The van der Waals surface area contributed by atoms with Gasteiger partial charge in [0.15, 0.2) is 0 Å². The van der Waals surface area contributed by atoms with Gasteiger partial charge in [-0.05, 0) is 59.8 Å². The van der Waals surface area contributed by atoms with E-state index in [2.05, 4.69) is 10.2 Å². The summed E-state index contributed by atoms with van der Waals surface area (Å²) in [6.45, 7) is 0. The van der Waals surface area contributed by atoms with Crippen LogP contribution in [0.4, 0.5) is 0 Å². The lowest BCUT2D eigenvalue weighted by atomic mass is 10.2. The van der Waals surface area contributed by atoms with Crippen molar-refractivity contribution in [3.05, 3.63) is 64.0 Å². The van der Waals surface area contributed by atoms with Crippen LogP contribution in [-0.2, 0) is 4.79 Å². The molecule has 2 aromatic carbocycles. The first-order valence-corrected chi connectivity index (χ1v) is 8.59. The van der Waals surface area contributed by atoms with E-state index >= 15 is 0 Å². The van der Waals surface area contributed by atoms with E-state index in [1.165, 1.54) is 13.2 Å². The van der Waals surface area contributed by atoms with Crippen molar-refractivity contribution < 1.29 is 19.1 Å². The van der Waals surface area contributed by atoms with Crippen molar-refractivity contribution >= 4 is 35.4 Å². The Kier molecular flexibility index (Phi) is 5.60. The van der Waals surface area contributed by atoms with Crippen LogP contribution in [0.5, 0.6) is 5.75 Å². The van der Waals surface area contributed by atoms with Crippen molar-refractivity contribution in [2.75, 3.05) is 7.11 Å². The van der Waals surface area contributed by atoms with E-state index in [0.29, 0.717) is 21.9 Å². The molecular weight excluding hydrogens is 376 g/mol. The van der Waals surface area contributed by atoms with Gasteiger partial charge in [0.05, 0.1) is 13.1 Å². The van der Waals surface area contributed by atoms with E-state index in [9.17, 15) is 9.90 Å². The number of carbonyl (C=O) groups is 1. The number of carbonyl (C=O) groups excluding carboxylic acids is 1. The molecule has 0 N–H and O–H groups in total. The van der Waals surface area contributed by atoms with Gasteiger partial charge in [0, 0.05) is 15.5 Å². The van der Waals surface area contributed by atoms with Crippen molar-refractivity contribution in [1.29, 1.82) is 0 Å². The number of halogens is 1. The summed E-state index contributed by atoms with van der Waals surface area (Å²) in [6.07, 6.45) is 1.45. The molecular formula is C18H12ClN2O4S-. The molecule has 0 amide bonds. The highest BCUT2D eigenvalue weighted by Gasteiger charge is 2.12. The van der Waals surface area contributed by atoms with Crippen molar-refractivity contribution in [1.82, 2.24) is 10.2 Å². The predicted octanol–water partition coefficient (Wildman–Crippen LogP) is 3.28. The number of hydrogen-bond donors (Lipinski definition) is 0. The quantitative estimate of drug-likeness (QED) is 0.473. The molecule has 8 heteroatoms. The summed E-state index contributed by atoms with van der Waals surface area (Å²) in [5, 5.41) is 19.9. The maximum atomic E-state index is 11.4. The lowest BCUT2D eigenvalue weighted by Gasteiger charge is -2.06. The molecule has 0 radical (unpaired) electrons. The number of ether oxygens (including phenoxy) is 1. The van der Waals surface area contributed by atoms with E-state index < -0.39 is 5.97 Å². The fourth-order valence-electron chi connectivity index (χ4n) is 2.07. The van der Waals surface area contributed by atoms with Crippen molar-refractivity contribution in [3.63, 3.8) is 0 Å². The molecule has 0 aliphatic rings. The Hall–Kier alpha value is -2.77. The molecule has 0 unspecified atom stereocenters. The van der Waals surface area contributed by atoms with Crippen LogP contribution >= 0.6 is 23.4 Å². The van der Waals surface area contributed by atoms with Crippen LogP contribution in [0.1, 0.15) is 5.56 Å². The Morgan fingerprint density at radius 2 is 2.00 bits per heavy atom. The van der Waals surface area contributed by atoms with Gasteiger partial charge in [0.25, 0.3) is 5.22 Å². The van der Waals surface area contributed by atoms with E-state index in [1.807, 2.05) is 0 Å². The van der Waals surface area contributed by atoms with Crippen LogP contribution in [0.2, 0.25) is 5.02 Å². The molecule has 0 saturated carbocycles. The smallest absolute Gasteiger partial charge is 0.281 e. The number of hydrogen-bond acceptors (Lipinski definition) is 7. The minimum Gasteiger partial charge on any atom is -0.544 e. The molecule has 0 aliphatic carbocycles. The number of aromatic nitrogens is 2. The maximum Gasteiger partial charge on any atom is 0.281 e. The first-order valence-electron chi connectivity index (χ1n) is 7.39. The fourth-order valence-corrected chi connectivity index (χ4v) is 2.86. The molecule has 3 aromatic rings. The molecule has 6 nitrogen and oxygen atoms in total. The van der Waals surface area contributed by atoms with Crippen LogP contribution < -0.4 is 9.84 Å². The molecule has 0 fully saturated rings. The minimum atomic E-state index is -1.34. The molecule has 26 heavy (non-hydrogen) atoms. The highest BCUT2D eigenvalue weighted by Crippen LogP contribution is 2.30. The summed E-state index contributed by atoms with van der Waals surface area (Å²) >= 11 is 6.66. The average molecular weight is 388 g/mol. The fraction of sp³-hybridized carbons (Fsp3) is 0.0556. The summed E-state index contributed by atoms with van der Waals surface area (Å²) in [5.74, 6) is -0.462. The van der Waals surface area contributed by atoms with E-state index in [-0.39, 0.29) is 16.0 Å². The second kappa shape index (κ2) is 8.07. The Balaban J connectivity index is 1.83. The van der Waals surface area contributed by atoms with Crippen LogP contribution in [0.3, 0.4) is 0 Å². The van der Waals surface area contributed by atoms with Crippen LogP contribution in [0, 0.1) is 0 Å². The topological polar surface area (TPSA) is 88.3 Å². The monoisotopic (exact) mass is 387 g/mol. The first-order chi connectivity index (χ1) is 12.5. The molecule has 0 spiro atoms. The summed E-state index contributed by atoms with van der Waals surface area (Å²) in [7, 11) is 1.54. The van der Waals surface area contributed by atoms with Gasteiger partial charge >= 0.3 is 0 Å².